The van der Waals surface area contributed by atoms with Crippen molar-refractivity contribution < 1.29 is 17.9 Å². The molecule has 2 aromatic carbocycles. The summed E-state index contributed by atoms with van der Waals surface area (Å²) in [6.45, 7) is 3.35. The van der Waals surface area contributed by atoms with Crippen molar-refractivity contribution in [2.75, 3.05) is 37.2 Å². The molecule has 1 aliphatic rings. The minimum Gasteiger partial charge on any atom is -0.378 e. The molecule has 0 saturated carbocycles. The zero-order valence-corrected chi connectivity index (χ0v) is 16.5. The normalized spacial score (nSPS) is 14.8. The quantitative estimate of drug-likeness (QED) is 0.762. The Hall–Kier alpha value is -2.09. The Morgan fingerprint density at radius 3 is 2.44 bits per heavy atom. The van der Waals surface area contributed by atoms with Gasteiger partial charge >= 0.3 is 0 Å². The van der Waals surface area contributed by atoms with Crippen LogP contribution >= 0.6 is 11.6 Å². The van der Waals surface area contributed by atoms with E-state index in [2.05, 4.69) is 0 Å². The Labute approximate surface area is 164 Å². The number of aryl methyl sites for hydroxylation is 1. The lowest BCUT2D eigenvalue weighted by Gasteiger charge is -2.30. The first kappa shape index (κ1) is 19.7. The van der Waals surface area contributed by atoms with Crippen molar-refractivity contribution >= 4 is 33.2 Å². The number of morpholine rings is 1. The lowest BCUT2D eigenvalue weighted by Crippen LogP contribution is -2.47. The molecular formula is C19H21ClN2O4S. The summed E-state index contributed by atoms with van der Waals surface area (Å²) >= 11 is 6.21. The van der Waals surface area contributed by atoms with Crippen LogP contribution < -0.4 is 4.31 Å². The molecule has 1 heterocycles. The number of hydrogen-bond acceptors (Lipinski definition) is 4. The fourth-order valence-electron chi connectivity index (χ4n) is 2.81. The Balaban J connectivity index is 1.98. The number of anilines is 1. The van der Waals surface area contributed by atoms with E-state index in [0.717, 1.165) is 9.87 Å². The van der Waals surface area contributed by atoms with Crippen molar-refractivity contribution in [3.63, 3.8) is 0 Å². The lowest BCUT2D eigenvalue weighted by atomic mass is 10.2. The molecule has 2 aromatic rings. The van der Waals surface area contributed by atoms with E-state index in [1.165, 1.54) is 12.1 Å². The SMILES string of the molecule is Cc1ccc(N(CC(=O)N2CCOCC2)S(=O)(=O)c2ccccc2)cc1Cl. The van der Waals surface area contributed by atoms with E-state index < -0.39 is 10.0 Å². The molecular weight excluding hydrogens is 388 g/mol. The van der Waals surface area contributed by atoms with Gasteiger partial charge < -0.3 is 9.64 Å². The average molecular weight is 409 g/mol. The van der Waals surface area contributed by atoms with Gasteiger partial charge in [-0.15, -0.1) is 0 Å². The van der Waals surface area contributed by atoms with Crippen molar-refractivity contribution in [1.29, 1.82) is 0 Å². The van der Waals surface area contributed by atoms with E-state index in [-0.39, 0.29) is 17.3 Å². The third-order valence-electron chi connectivity index (χ3n) is 4.42. The van der Waals surface area contributed by atoms with Crippen molar-refractivity contribution in [2.45, 2.75) is 11.8 Å². The molecule has 1 aliphatic heterocycles. The first-order chi connectivity index (χ1) is 12.9. The lowest BCUT2D eigenvalue weighted by molar-refractivity contribution is -0.133. The van der Waals surface area contributed by atoms with E-state index in [9.17, 15) is 13.2 Å². The monoisotopic (exact) mass is 408 g/mol. The van der Waals surface area contributed by atoms with E-state index in [0.29, 0.717) is 37.0 Å². The molecule has 3 rings (SSSR count). The predicted octanol–water partition coefficient (Wildman–Crippen LogP) is 2.70. The molecule has 0 unspecified atom stereocenters. The predicted molar refractivity (Wildman–Crippen MR) is 105 cm³/mol. The second kappa shape index (κ2) is 8.29. The van der Waals surface area contributed by atoms with E-state index >= 15 is 0 Å². The van der Waals surface area contributed by atoms with Crippen LogP contribution in [0.3, 0.4) is 0 Å². The van der Waals surface area contributed by atoms with Gasteiger partial charge in [0.2, 0.25) is 5.91 Å². The number of sulfonamides is 1. The van der Waals surface area contributed by atoms with Gasteiger partial charge in [-0.3, -0.25) is 9.10 Å². The van der Waals surface area contributed by atoms with E-state index in [1.54, 1.807) is 41.3 Å². The Morgan fingerprint density at radius 1 is 1.15 bits per heavy atom. The summed E-state index contributed by atoms with van der Waals surface area (Å²) in [5, 5.41) is 0.444. The molecule has 8 heteroatoms. The summed E-state index contributed by atoms with van der Waals surface area (Å²) in [5.74, 6) is -0.269. The maximum Gasteiger partial charge on any atom is 0.264 e. The van der Waals surface area contributed by atoms with Gasteiger partial charge in [-0.25, -0.2) is 8.42 Å². The molecule has 27 heavy (non-hydrogen) atoms. The fraction of sp³-hybridized carbons (Fsp3) is 0.316. The van der Waals surface area contributed by atoms with Crippen LogP contribution in [0.15, 0.2) is 53.4 Å². The van der Waals surface area contributed by atoms with Crippen LogP contribution in [0.5, 0.6) is 0 Å². The summed E-state index contributed by atoms with van der Waals surface area (Å²) in [5.41, 5.74) is 1.19. The third kappa shape index (κ3) is 4.43. The van der Waals surface area contributed by atoms with Gasteiger partial charge in [0.1, 0.15) is 6.54 Å². The molecule has 0 bridgehead atoms. The summed E-state index contributed by atoms with van der Waals surface area (Å²) in [6, 6.07) is 13.0. The van der Waals surface area contributed by atoms with Crippen LogP contribution in [-0.2, 0) is 19.6 Å². The molecule has 1 fully saturated rings. The van der Waals surface area contributed by atoms with Gasteiger partial charge in [0.05, 0.1) is 23.8 Å². The first-order valence-corrected chi connectivity index (χ1v) is 10.4. The first-order valence-electron chi connectivity index (χ1n) is 8.59. The fourth-order valence-corrected chi connectivity index (χ4v) is 4.41. The third-order valence-corrected chi connectivity index (χ3v) is 6.61. The van der Waals surface area contributed by atoms with Gasteiger partial charge in [0, 0.05) is 18.1 Å². The second-order valence-corrected chi connectivity index (χ2v) is 8.52. The number of hydrogen-bond donors (Lipinski definition) is 0. The molecule has 0 aliphatic carbocycles. The van der Waals surface area contributed by atoms with E-state index in [1.807, 2.05) is 6.92 Å². The van der Waals surface area contributed by atoms with Crippen LogP contribution in [0, 0.1) is 6.92 Å². The van der Waals surface area contributed by atoms with E-state index in [4.69, 9.17) is 16.3 Å². The Kier molecular flexibility index (Phi) is 6.04. The molecule has 0 aromatic heterocycles. The molecule has 0 radical (unpaired) electrons. The number of halogens is 1. The Bertz CT molecular complexity index is 913. The number of ether oxygens (including phenoxy) is 1. The molecule has 1 amide bonds. The molecule has 0 N–H and O–H groups in total. The zero-order valence-electron chi connectivity index (χ0n) is 15.0. The minimum absolute atomic E-state index is 0.122. The number of nitrogens with zero attached hydrogens (tertiary/aromatic N) is 2. The van der Waals surface area contributed by atoms with Crippen LogP contribution in [0.1, 0.15) is 5.56 Å². The van der Waals surface area contributed by atoms with Crippen LogP contribution in [0.2, 0.25) is 5.02 Å². The minimum atomic E-state index is -3.92. The number of carbonyl (C=O) groups is 1. The molecule has 1 saturated heterocycles. The van der Waals surface area contributed by atoms with Crippen LogP contribution in [0.4, 0.5) is 5.69 Å². The summed E-state index contributed by atoms with van der Waals surface area (Å²) in [7, 11) is -3.92. The number of benzene rings is 2. The maximum atomic E-state index is 13.2. The highest BCUT2D eigenvalue weighted by molar-refractivity contribution is 7.92. The van der Waals surface area contributed by atoms with Crippen LogP contribution in [0.25, 0.3) is 0 Å². The van der Waals surface area contributed by atoms with Crippen molar-refractivity contribution in [1.82, 2.24) is 4.90 Å². The van der Waals surface area contributed by atoms with Crippen molar-refractivity contribution in [3.8, 4) is 0 Å². The number of rotatable bonds is 5. The zero-order chi connectivity index (χ0) is 19.4. The second-order valence-electron chi connectivity index (χ2n) is 6.25. The summed E-state index contributed by atoms with van der Waals surface area (Å²) < 4.78 is 32.8. The largest absolute Gasteiger partial charge is 0.378 e. The molecule has 6 nitrogen and oxygen atoms in total. The Morgan fingerprint density at radius 2 is 1.81 bits per heavy atom. The number of amides is 1. The number of carbonyl (C=O) groups excluding carboxylic acids is 1. The smallest absolute Gasteiger partial charge is 0.264 e. The van der Waals surface area contributed by atoms with Gasteiger partial charge in [0.25, 0.3) is 10.0 Å². The van der Waals surface area contributed by atoms with Gasteiger partial charge in [0.15, 0.2) is 0 Å². The highest BCUT2D eigenvalue weighted by atomic mass is 35.5. The standard InChI is InChI=1S/C19H21ClN2O4S/c1-15-7-8-16(13-18(15)20)22(14-19(23)21-9-11-26-12-10-21)27(24,25)17-5-3-2-4-6-17/h2-8,13H,9-12,14H2,1H3. The van der Waals surface area contributed by atoms with Crippen LogP contribution in [-0.4, -0.2) is 52.1 Å². The van der Waals surface area contributed by atoms with Gasteiger partial charge in [-0.2, -0.15) is 0 Å². The molecule has 0 atom stereocenters. The maximum absolute atomic E-state index is 13.2. The highest BCUT2D eigenvalue weighted by Gasteiger charge is 2.29. The molecule has 0 spiro atoms. The molecule has 144 valence electrons. The highest BCUT2D eigenvalue weighted by Crippen LogP contribution is 2.28. The van der Waals surface area contributed by atoms with Gasteiger partial charge in [-0.05, 0) is 36.8 Å². The van der Waals surface area contributed by atoms with Gasteiger partial charge in [-0.1, -0.05) is 35.9 Å². The van der Waals surface area contributed by atoms with Crippen molar-refractivity contribution in [3.05, 3.63) is 59.1 Å². The van der Waals surface area contributed by atoms with Crippen molar-refractivity contribution in [2.24, 2.45) is 0 Å². The summed E-state index contributed by atoms with van der Waals surface area (Å²) in [6.07, 6.45) is 0. The summed E-state index contributed by atoms with van der Waals surface area (Å²) in [4.78, 5) is 14.5. The topological polar surface area (TPSA) is 66.9 Å². The average Bonchev–Trinajstić information content (AvgIpc) is 2.69.